The maximum Gasteiger partial charge on any atom is 0.253 e. The zero-order valence-electron chi connectivity index (χ0n) is 12.2. The average molecular weight is 292 g/mol. The molecule has 0 spiro atoms. The van der Waals surface area contributed by atoms with Gasteiger partial charge in [0.05, 0.1) is 5.56 Å². The number of imidazole rings is 1. The number of nitrogens with one attached hydrogen (secondary N) is 1. The molecule has 2 aromatic heterocycles. The summed E-state index contributed by atoms with van der Waals surface area (Å²) < 4.78 is 1.79. The van der Waals surface area contributed by atoms with Gasteiger partial charge in [-0.1, -0.05) is 24.3 Å². The third-order valence-electron chi connectivity index (χ3n) is 3.48. The number of pyridine rings is 1. The van der Waals surface area contributed by atoms with Gasteiger partial charge >= 0.3 is 0 Å². The molecule has 110 valence electrons. The fraction of sp³-hybridized carbons (Fsp3) is 0.118. The van der Waals surface area contributed by atoms with Crippen molar-refractivity contribution in [2.24, 2.45) is 0 Å². The maximum absolute atomic E-state index is 12.2. The maximum atomic E-state index is 12.2. The van der Waals surface area contributed by atoms with Crippen LogP contribution in [-0.4, -0.2) is 20.4 Å². The van der Waals surface area contributed by atoms with E-state index in [0.717, 1.165) is 16.9 Å². The first-order valence-electron chi connectivity index (χ1n) is 7.01. The molecule has 0 atom stereocenters. The minimum atomic E-state index is -0.132. The Bertz CT molecular complexity index is 764. The summed E-state index contributed by atoms with van der Waals surface area (Å²) >= 11 is 0. The largest absolute Gasteiger partial charge is 0.348 e. The van der Waals surface area contributed by atoms with Gasteiger partial charge in [-0.05, 0) is 30.2 Å². The molecule has 0 saturated carbocycles. The summed E-state index contributed by atoms with van der Waals surface area (Å²) in [5.74, 6) is 0.598. The van der Waals surface area contributed by atoms with E-state index in [2.05, 4.69) is 15.3 Å². The minimum Gasteiger partial charge on any atom is -0.348 e. The average Bonchev–Trinajstić information content (AvgIpc) is 3.08. The van der Waals surface area contributed by atoms with Crippen LogP contribution in [0.25, 0.3) is 5.82 Å². The summed E-state index contributed by atoms with van der Waals surface area (Å²) in [4.78, 5) is 20.4. The fourth-order valence-corrected chi connectivity index (χ4v) is 2.15. The molecule has 22 heavy (non-hydrogen) atoms. The second-order valence-electron chi connectivity index (χ2n) is 4.98. The van der Waals surface area contributed by atoms with Crippen LogP contribution in [0.15, 0.2) is 61.3 Å². The Morgan fingerprint density at radius 2 is 2.09 bits per heavy atom. The van der Waals surface area contributed by atoms with Crippen LogP contribution in [0.5, 0.6) is 0 Å². The van der Waals surface area contributed by atoms with Crippen LogP contribution < -0.4 is 5.32 Å². The first-order chi connectivity index (χ1) is 10.7. The predicted octanol–water partition coefficient (Wildman–Crippen LogP) is 2.51. The summed E-state index contributed by atoms with van der Waals surface area (Å²) in [6.45, 7) is 2.54. The molecule has 1 aromatic carbocycles. The number of amides is 1. The molecule has 5 heteroatoms. The van der Waals surface area contributed by atoms with Gasteiger partial charge in [0.25, 0.3) is 5.91 Å². The lowest BCUT2D eigenvalue weighted by Crippen LogP contribution is -2.23. The van der Waals surface area contributed by atoms with E-state index in [4.69, 9.17) is 0 Å². The van der Waals surface area contributed by atoms with Crippen molar-refractivity contribution in [3.63, 3.8) is 0 Å². The van der Waals surface area contributed by atoms with Crippen molar-refractivity contribution < 1.29 is 4.79 Å². The number of benzene rings is 1. The van der Waals surface area contributed by atoms with Crippen LogP contribution in [0, 0.1) is 6.92 Å². The Morgan fingerprint density at radius 1 is 1.23 bits per heavy atom. The summed E-state index contributed by atoms with van der Waals surface area (Å²) in [7, 11) is 0. The van der Waals surface area contributed by atoms with E-state index in [1.165, 1.54) is 0 Å². The highest BCUT2D eigenvalue weighted by molar-refractivity contribution is 5.93. The highest BCUT2D eigenvalue weighted by Crippen LogP contribution is 2.08. The third kappa shape index (κ3) is 3.03. The van der Waals surface area contributed by atoms with Crippen LogP contribution in [-0.2, 0) is 6.54 Å². The normalized spacial score (nSPS) is 10.4. The summed E-state index contributed by atoms with van der Waals surface area (Å²) in [5.41, 5.74) is 2.81. The second-order valence-corrected chi connectivity index (χ2v) is 4.98. The molecule has 1 amide bonds. The van der Waals surface area contributed by atoms with Gasteiger partial charge in [-0.25, -0.2) is 9.97 Å². The van der Waals surface area contributed by atoms with Gasteiger partial charge in [0.1, 0.15) is 12.1 Å². The number of rotatable bonds is 4. The first kappa shape index (κ1) is 14.0. The number of hydrogen-bond acceptors (Lipinski definition) is 3. The van der Waals surface area contributed by atoms with Crippen molar-refractivity contribution in [1.82, 2.24) is 19.9 Å². The number of nitrogens with zero attached hydrogens (tertiary/aromatic N) is 3. The lowest BCUT2D eigenvalue weighted by atomic mass is 10.1. The quantitative estimate of drug-likeness (QED) is 0.803. The van der Waals surface area contributed by atoms with Crippen molar-refractivity contribution in [3.05, 3.63) is 78.0 Å². The highest BCUT2D eigenvalue weighted by atomic mass is 16.1. The number of aryl methyl sites for hydroxylation is 1. The van der Waals surface area contributed by atoms with Gasteiger partial charge < -0.3 is 5.32 Å². The molecule has 0 fully saturated rings. The third-order valence-corrected chi connectivity index (χ3v) is 3.48. The summed E-state index contributed by atoms with van der Waals surface area (Å²) in [6.07, 6.45) is 6.73. The second kappa shape index (κ2) is 6.22. The van der Waals surface area contributed by atoms with Crippen LogP contribution in [0.1, 0.15) is 21.5 Å². The van der Waals surface area contributed by atoms with Crippen molar-refractivity contribution in [2.75, 3.05) is 0 Å². The zero-order chi connectivity index (χ0) is 15.4. The molecule has 3 rings (SSSR count). The van der Waals surface area contributed by atoms with Crippen LogP contribution in [0.2, 0.25) is 0 Å². The van der Waals surface area contributed by atoms with Gasteiger partial charge in [0, 0.05) is 25.1 Å². The molecule has 0 aliphatic heterocycles. The number of hydrogen-bond donors (Lipinski definition) is 1. The number of carbonyl (C=O) groups excluding carboxylic acids is 1. The summed E-state index contributed by atoms with van der Waals surface area (Å²) in [6, 6.07) is 11.5. The van der Waals surface area contributed by atoms with Crippen molar-refractivity contribution in [1.29, 1.82) is 0 Å². The Morgan fingerprint density at radius 3 is 2.77 bits per heavy atom. The molecular weight excluding hydrogens is 276 g/mol. The standard InChI is InChI=1S/C17H16N4O/c1-13-4-2-3-5-14(13)10-20-17(22)15-6-7-16(19-11-15)21-9-8-18-12-21/h2-9,11-12H,10H2,1H3,(H,20,22). The van der Waals surface area contributed by atoms with Gasteiger partial charge in [0.15, 0.2) is 0 Å². The molecule has 0 saturated heterocycles. The van der Waals surface area contributed by atoms with Crippen molar-refractivity contribution >= 4 is 5.91 Å². The van der Waals surface area contributed by atoms with Gasteiger partial charge in [0.2, 0.25) is 0 Å². The molecule has 0 radical (unpaired) electrons. The van der Waals surface area contributed by atoms with E-state index in [1.54, 1.807) is 41.6 Å². The Hall–Kier alpha value is -2.95. The van der Waals surface area contributed by atoms with Crippen LogP contribution >= 0.6 is 0 Å². The van der Waals surface area contributed by atoms with E-state index >= 15 is 0 Å². The SMILES string of the molecule is Cc1ccccc1CNC(=O)c1ccc(-n2ccnc2)nc1. The molecule has 1 N–H and O–H groups in total. The smallest absolute Gasteiger partial charge is 0.253 e. The number of aromatic nitrogens is 3. The Balaban J connectivity index is 1.67. The predicted molar refractivity (Wildman–Crippen MR) is 83.7 cm³/mol. The van der Waals surface area contributed by atoms with Gasteiger partial charge in [-0.3, -0.25) is 9.36 Å². The molecule has 0 bridgehead atoms. The van der Waals surface area contributed by atoms with Gasteiger partial charge in [-0.15, -0.1) is 0 Å². The lowest BCUT2D eigenvalue weighted by molar-refractivity contribution is 0.0950. The first-order valence-corrected chi connectivity index (χ1v) is 7.01. The molecule has 3 aromatic rings. The van der Waals surface area contributed by atoms with E-state index in [0.29, 0.717) is 12.1 Å². The van der Waals surface area contributed by atoms with E-state index in [9.17, 15) is 4.79 Å². The molecular formula is C17H16N4O. The zero-order valence-corrected chi connectivity index (χ0v) is 12.2. The molecule has 0 unspecified atom stereocenters. The van der Waals surface area contributed by atoms with E-state index < -0.39 is 0 Å². The molecule has 2 heterocycles. The van der Waals surface area contributed by atoms with Crippen molar-refractivity contribution in [3.8, 4) is 5.82 Å². The Kier molecular flexibility index (Phi) is 3.96. The molecule has 5 nitrogen and oxygen atoms in total. The molecule has 0 aliphatic rings. The van der Waals surface area contributed by atoms with E-state index in [1.807, 2.05) is 31.2 Å². The highest BCUT2D eigenvalue weighted by Gasteiger charge is 2.07. The molecule has 0 aliphatic carbocycles. The monoisotopic (exact) mass is 292 g/mol. The topological polar surface area (TPSA) is 59.8 Å². The van der Waals surface area contributed by atoms with Crippen LogP contribution in [0.4, 0.5) is 0 Å². The van der Waals surface area contributed by atoms with E-state index in [-0.39, 0.29) is 5.91 Å². The van der Waals surface area contributed by atoms with Crippen molar-refractivity contribution in [2.45, 2.75) is 13.5 Å². The lowest BCUT2D eigenvalue weighted by Gasteiger charge is -2.08. The Labute approximate surface area is 128 Å². The number of carbonyl (C=O) groups is 1. The van der Waals surface area contributed by atoms with Crippen LogP contribution in [0.3, 0.4) is 0 Å². The summed E-state index contributed by atoms with van der Waals surface area (Å²) in [5, 5.41) is 2.91. The minimum absolute atomic E-state index is 0.132. The van der Waals surface area contributed by atoms with Gasteiger partial charge in [-0.2, -0.15) is 0 Å². The fourth-order valence-electron chi connectivity index (χ4n) is 2.15.